The van der Waals surface area contributed by atoms with E-state index in [2.05, 4.69) is 29.0 Å². The minimum Gasteiger partial charge on any atom is -0.506 e. The third-order valence-electron chi connectivity index (χ3n) is 3.19. The van der Waals surface area contributed by atoms with E-state index in [9.17, 15) is 5.11 Å². The van der Waals surface area contributed by atoms with Gasteiger partial charge in [-0.3, -0.25) is 0 Å². The first-order chi connectivity index (χ1) is 10.4. The van der Waals surface area contributed by atoms with Crippen molar-refractivity contribution in [1.82, 2.24) is 4.98 Å². The SMILES string of the molecule is Cc1cc(C)c2nc(N=Cc3cc(Cl)cc(Cl)c3O)sc2c1. The number of phenols is 1. The van der Waals surface area contributed by atoms with Crippen LogP contribution in [0.2, 0.25) is 10.0 Å². The first-order valence-electron chi connectivity index (χ1n) is 6.54. The molecule has 0 radical (unpaired) electrons. The Bertz CT molecular complexity index is 903. The van der Waals surface area contributed by atoms with E-state index in [1.165, 1.54) is 29.2 Å². The predicted molar refractivity (Wildman–Crippen MR) is 94.5 cm³/mol. The largest absolute Gasteiger partial charge is 0.506 e. The van der Waals surface area contributed by atoms with Gasteiger partial charge in [0.15, 0.2) is 0 Å². The van der Waals surface area contributed by atoms with Crippen LogP contribution in [-0.2, 0) is 0 Å². The van der Waals surface area contributed by atoms with Gasteiger partial charge in [-0.15, -0.1) is 0 Å². The van der Waals surface area contributed by atoms with Gasteiger partial charge in [0.1, 0.15) is 5.75 Å². The number of aryl methyl sites for hydroxylation is 2. The Kier molecular flexibility index (Phi) is 4.08. The molecule has 112 valence electrons. The molecule has 3 aromatic rings. The number of aromatic nitrogens is 1. The molecule has 0 aliphatic heterocycles. The van der Waals surface area contributed by atoms with E-state index in [4.69, 9.17) is 23.2 Å². The normalized spacial score (nSPS) is 11.6. The Labute approximate surface area is 141 Å². The van der Waals surface area contributed by atoms with Crippen molar-refractivity contribution in [3.8, 4) is 5.75 Å². The summed E-state index contributed by atoms with van der Waals surface area (Å²) >= 11 is 13.3. The number of hydrogen-bond donors (Lipinski definition) is 1. The van der Waals surface area contributed by atoms with Gasteiger partial charge in [-0.25, -0.2) is 9.98 Å². The quantitative estimate of drug-likeness (QED) is 0.604. The topological polar surface area (TPSA) is 45.5 Å². The van der Waals surface area contributed by atoms with E-state index in [1.807, 2.05) is 6.92 Å². The summed E-state index contributed by atoms with van der Waals surface area (Å²) in [6.07, 6.45) is 1.52. The zero-order valence-electron chi connectivity index (χ0n) is 11.9. The third-order valence-corrected chi connectivity index (χ3v) is 4.61. The Balaban J connectivity index is 2.01. The summed E-state index contributed by atoms with van der Waals surface area (Å²) in [7, 11) is 0. The fraction of sp³-hybridized carbons (Fsp3) is 0.125. The van der Waals surface area contributed by atoms with E-state index >= 15 is 0 Å². The molecular weight excluding hydrogens is 339 g/mol. The van der Waals surface area contributed by atoms with E-state index in [0.29, 0.717) is 15.7 Å². The third kappa shape index (κ3) is 2.95. The van der Waals surface area contributed by atoms with Gasteiger partial charge in [0.25, 0.3) is 0 Å². The zero-order chi connectivity index (χ0) is 15.9. The van der Waals surface area contributed by atoms with Crippen molar-refractivity contribution in [3.05, 3.63) is 51.0 Å². The van der Waals surface area contributed by atoms with E-state index < -0.39 is 0 Å². The molecular formula is C16H12Cl2N2OS. The van der Waals surface area contributed by atoms with Gasteiger partial charge in [0.2, 0.25) is 5.13 Å². The van der Waals surface area contributed by atoms with Crippen LogP contribution in [0.5, 0.6) is 5.75 Å². The number of benzene rings is 2. The number of phenolic OH excluding ortho intramolecular Hbond substituents is 1. The van der Waals surface area contributed by atoms with Crippen molar-refractivity contribution < 1.29 is 5.11 Å². The summed E-state index contributed by atoms with van der Waals surface area (Å²) in [5, 5.41) is 11.2. The maximum absolute atomic E-state index is 9.92. The zero-order valence-corrected chi connectivity index (χ0v) is 14.2. The molecule has 0 amide bonds. The molecule has 0 fully saturated rings. The van der Waals surface area contributed by atoms with Gasteiger partial charge in [-0.1, -0.05) is 40.6 Å². The summed E-state index contributed by atoms with van der Waals surface area (Å²) in [4.78, 5) is 8.85. The summed E-state index contributed by atoms with van der Waals surface area (Å²) in [5.41, 5.74) is 3.74. The van der Waals surface area contributed by atoms with Gasteiger partial charge in [0, 0.05) is 16.8 Å². The van der Waals surface area contributed by atoms with Crippen molar-refractivity contribution in [2.75, 3.05) is 0 Å². The van der Waals surface area contributed by atoms with Gasteiger partial charge in [0.05, 0.1) is 15.2 Å². The predicted octanol–water partition coefficient (Wildman–Crippen LogP) is 5.68. The molecule has 3 nitrogen and oxygen atoms in total. The van der Waals surface area contributed by atoms with Crippen molar-refractivity contribution in [3.63, 3.8) is 0 Å². The first-order valence-corrected chi connectivity index (χ1v) is 8.11. The van der Waals surface area contributed by atoms with Crippen LogP contribution < -0.4 is 0 Å². The van der Waals surface area contributed by atoms with Crippen molar-refractivity contribution in [2.24, 2.45) is 4.99 Å². The Morgan fingerprint density at radius 2 is 1.95 bits per heavy atom. The minimum atomic E-state index is -0.0389. The average Bonchev–Trinajstić information content (AvgIpc) is 2.84. The van der Waals surface area contributed by atoms with Crippen LogP contribution >= 0.6 is 34.5 Å². The second-order valence-electron chi connectivity index (χ2n) is 5.01. The molecule has 0 saturated heterocycles. The van der Waals surface area contributed by atoms with Crippen molar-refractivity contribution >= 4 is 56.1 Å². The molecule has 0 unspecified atom stereocenters. The molecule has 0 bridgehead atoms. The average molecular weight is 351 g/mol. The minimum absolute atomic E-state index is 0.0389. The monoisotopic (exact) mass is 350 g/mol. The summed E-state index contributed by atoms with van der Waals surface area (Å²) < 4.78 is 1.10. The van der Waals surface area contributed by atoms with Crippen LogP contribution in [0, 0.1) is 13.8 Å². The smallest absolute Gasteiger partial charge is 0.210 e. The van der Waals surface area contributed by atoms with E-state index in [1.54, 1.807) is 6.07 Å². The Hall–Kier alpha value is -1.62. The molecule has 3 rings (SSSR count). The molecule has 22 heavy (non-hydrogen) atoms. The van der Waals surface area contributed by atoms with Gasteiger partial charge >= 0.3 is 0 Å². The van der Waals surface area contributed by atoms with E-state index in [0.717, 1.165) is 15.8 Å². The molecule has 0 aliphatic carbocycles. The van der Waals surface area contributed by atoms with Crippen LogP contribution in [0.15, 0.2) is 29.3 Å². The molecule has 1 aromatic heterocycles. The van der Waals surface area contributed by atoms with Crippen LogP contribution in [-0.4, -0.2) is 16.3 Å². The van der Waals surface area contributed by atoms with Crippen LogP contribution in [0.25, 0.3) is 10.2 Å². The maximum Gasteiger partial charge on any atom is 0.210 e. The number of rotatable bonds is 2. The first kappa shape index (κ1) is 15.3. The number of hydrogen-bond acceptors (Lipinski definition) is 4. The number of thiazole rings is 1. The molecule has 2 aromatic carbocycles. The molecule has 1 heterocycles. The Morgan fingerprint density at radius 3 is 2.73 bits per heavy atom. The highest BCUT2D eigenvalue weighted by Crippen LogP contribution is 2.33. The number of halogens is 2. The molecule has 0 spiro atoms. The summed E-state index contributed by atoms with van der Waals surface area (Å²) in [6, 6.07) is 7.28. The second kappa shape index (κ2) is 5.88. The van der Waals surface area contributed by atoms with Crippen molar-refractivity contribution in [2.45, 2.75) is 13.8 Å². The molecule has 1 N–H and O–H groups in total. The number of aromatic hydroxyl groups is 1. The van der Waals surface area contributed by atoms with E-state index in [-0.39, 0.29) is 10.8 Å². The molecule has 0 atom stereocenters. The van der Waals surface area contributed by atoms with Crippen LogP contribution in [0.3, 0.4) is 0 Å². The number of nitrogens with zero attached hydrogens (tertiary/aromatic N) is 2. The van der Waals surface area contributed by atoms with Gasteiger partial charge in [-0.2, -0.15) is 0 Å². The lowest BCUT2D eigenvalue weighted by Crippen LogP contribution is -1.83. The lowest BCUT2D eigenvalue weighted by atomic mass is 10.1. The summed E-state index contributed by atoms with van der Waals surface area (Å²) in [5.74, 6) is -0.0389. The number of aliphatic imine (C=N–C) groups is 1. The standard InChI is InChI=1S/C16H12Cl2N2OS/c1-8-3-9(2)14-13(4-8)22-16(20-14)19-7-10-5-11(17)6-12(18)15(10)21/h3-7,21H,1-2H3. The number of fused-ring (bicyclic) bond motifs is 1. The fourth-order valence-electron chi connectivity index (χ4n) is 2.22. The lowest BCUT2D eigenvalue weighted by Gasteiger charge is -2.01. The molecule has 0 aliphatic rings. The highest BCUT2D eigenvalue weighted by atomic mass is 35.5. The lowest BCUT2D eigenvalue weighted by molar-refractivity contribution is 0.475. The fourth-order valence-corrected chi connectivity index (χ4v) is 3.72. The highest BCUT2D eigenvalue weighted by Gasteiger charge is 2.08. The van der Waals surface area contributed by atoms with Crippen molar-refractivity contribution in [1.29, 1.82) is 0 Å². The molecule has 6 heteroatoms. The molecule has 0 saturated carbocycles. The van der Waals surface area contributed by atoms with Gasteiger partial charge in [-0.05, 0) is 43.2 Å². The maximum atomic E-state index is 9.92. The second-order valence-corrected chi connectivity index (χ2v) is 6.86. The highest BCUT2D eigenvalue weighted by molar-refractivity contribution is 7.22. The van der Waals surface area contributed by atoms with Crippen LogP contribution in [0.1, 0.15) is 16.7 Å². The van der Waals surface area contributed by atoms with Gasteiger partial charge < -0.3 is 5.11 Å². The Morgan fingerprint density at radius 1 is 1.18 bits per heavy atom. The summed E-state index contributed by atoms with van der Waals surface area (Å²) in [6.45, 7) is 4.09. The van der Waals surface area contributed by atoms with Crippen LogP contribution in [0.4, 0.5) is 5.13 Å².